The van der Waals surface area contributed by atoms with Crippen LogP contribution in [0.2, 0.25) is 0 Å². The molecule has 3 aromatic rings. The molecule has 4 atom stereocenters. The van der Waals surface area contributed by atoms with Gasteiger partial charge in [0, 0.05) is 50.9 Å². The number of pyridine rings is 1. The third-order valence-electron chi connectivity index (χ3n) is 8.78. The van der Waals surface area contributed by atoms with E-state index in [9.17, 15) is 40.3 Å². The van der Waals surface area contributed by atoms with Crippen LogP contribution >= 0.6 is 0 Å². The van der Waals surface area contributed by atoms with E-state index in [4.69, 9.17) is 4.74 Å². The van der Waals surface area contributed by atoms with Crippen molar-refractivity contribution in [3.8, 4) is 5.75 Å². The van der Waals surface area contributed by atoms with Gasteiger partial charge in [-0.2, -0.15) is 13.2 Å². The number of hydrogen-bond acceptors (Lipinski definition) is 8. The summed E-state index contributed by atoms with van der Waals surface area (Å²) < 4.78 is 99.7. The third-order valence-corrected chi connectivity index (χ3v) is 10.9. The Bertz CT molecular complexity index is 1760. The molecule has 0 aliphatic heterocycles. The predicted molar refractivity (Wildman–Crippen MR) is 184 cm³/mol. The number of anilines is 2. The molecule has 16 heteroatoms. The average molecular weight is 742 g/mol. The summed E-state index contributed by atoms with van der Waals surface area (Å²) in [6.07, 6.45) is -4.77. The molecule has 4 rings (SSSR count). The molecule has 0 radical (unpaired) electrons. The molecule has 1 saturated carbocycles. The maximum absolute atomic E-state index is 13.9. The molecule has 1 aliphatic rings. The molecule has 1 heterocycles. The van der Waals surface area contributed by atoms with Crippen molar-refractivity contribution in [2.24, 2.45) is 11.8 Å². The number of aliphatic hydroxyl groups excluding tert-OH is 1. The van der Waals surface area contributed by atoms with Crippen molar-refractivity contribution in [3.63, 3.8) is 0 Å². The number of ether oxygens (including phenoxy) is 1. The number of amides is 1. The van der Waals surface area contributed by atoms with Gasteiger partial charge in [0.2, 0.25) is 10.0 Å². The molecule has 1 unspecified atom stereocenters. The fourth-order valence-corrected chi connectivity index (χ4v) is 6.36. The zero-order valence-electron chi connectivity index (χ0n) is 29.0. The van der Waals surface area contributed by atoms with Gasteiger partial charge >= 0.3 is 6.18 Å². The summed E-state index contributed by atoms with van der Waals surface area (Å²) in [6, 6.07) is 9.01. The smallest absolute Gasteiger partial charge is 0.416 e. The van der Waals surface area contributed by atoms with Gasteiger partial charge in [-0.1, -0.05) is 25.1 Å². The number of alkyl halides is 3. The lowest BCUT2D eigenvalue weighted by molar-refractivity contribution is -0.137. The van der Waals surface area contributed by atoms with E-state index in [0.717, 1.165) is 35.0 Å². The van der Waals surface area contributed by atoms with Gasteiger partial charge in [-0.15, -0.1) is 0 Å². The molecule has 51 heavy (non-hydrogen) atoms. The largest absolute Gasteiger partial charge is 0.491 e. The van der Waals surface area contributed by atoms with Crippen molar-refractivity contribution in [1.82, 2.24) is 15.6 Å². The molecule has 0 saturated heterocycles. The summed E-state index contributed by atoms with van der Waals surface area (Å²) in [5, 5.41) is 16.1. The summed E-state index contributed by atoms with van der Waals surface area (Å²) in [5.74, 6) is -1.39. The van der Waals surface area contributed by atoms with E-state index in [2.05, 4.69) is 22.5 Å². The first-order valence-corrected chi connectivity index (χ1v) is 18.0. The number of aromatic nitrogens is 1. The molecule has 0 spiro atoms. The zero-order valence-corrected chi connectivity index (χ0v) is 29.9. The van der Waals surface area contributed by atoms with Crippen molar-refractivity contribution in [2.45, 2.75) is 63.7 Å². The van der Waals surface area contributed by atoms with Crippen LogP contribution in [-0.4, -0.2) is 75.6 Å². The normalized spacial score (nSPS) is 17.2. The highest BCUT2D eigenvalue weighted by Gasteiger charge is 2.34. The van der Waals surface area contributed by atoms with Gasteiger partial charge in [-0.25, -0.2) is 22.2 Å². The number of carbonyl (C=O) groups is 1. The topological polar surface area (TPSA) is 124 Å². The Balaban J connectivity index is 1.55. The minimum atomic E-state index is -4.50. The molecule has 1 aliphatic carbocycles. The minimum Gasteiger partial charge on any atom is -0.491 e. The van der Waals surface area contributed by atoms with Crippen molar-refractivity contribution in [3.05, 3.63) is 82.9 Å². The van der Waals surface area contributed by atoms with E-state index in [1.54, 1.807) is 7.05 Å². The van der Waals surface area contributed by atoms with E-state index in [1.165, 1.54) is 45.2 Å². The minimum absolute atomic E-state index is 0.00409. The Morgan fingerprint density at radius 1 is 1.06 bits per heavy atom. The summed E-state index contributed by atoms with van der Waals surface area (Å²) in [5.41, 5.74) is -0.386. The number of sulfonamides is 1. The van der Waals surface area contributed by atoms with E-state index in [-0.39, 0.29) is 36.6 Å². The highest BCUT2D eigenvalue weighted by molar-refractivity contribution is 7.93. The fraction of sp³-hybridized carbons (Fsp3) is 0.486. The summed E-state index contributed by atoms with van der Waals surface area (Å²) in [7, 11) is -0.687. The van der Waals surface area contributed by atoms with E-state index >= 15 is 0 Å². The van der Waals surface area contributed by atoms with Crippen molar-refractivity contribution >= 4 is 27.6 Å². The van der Waals surface area contributed by atoms with Crippen LogP contribution in [0, 0.1) is 23.5 Å². The zero-order chi connectivity index (χ0) is 37.7. The monoisotopic (exact) mass is 741 g/mol. The number of rotatable bonds is 17. The van der Waals surface area contributed by atoms with Gasteiger partial charge < -0.3 is 25.4 Å². The Kier molecular flexibility index (Phi) is 12.9. The summed E-state index contributed by atoms with van der Waals surface area (Å²) in [4.78, 5) is 20.2. The predicted octanol–water partition coefficient (Wildman–Crippen LogP) is 5.36. The molecule has 2 aromatic carbocycles. The van der Waals surface area contributed by atoms with Crippen LogP contribution in [0.25, 0.3) is 0 Å². The first-order chi connectivity index (χ1) is 23.8. The van der Waals surface area contributed by atoms with E-state index < -0.39 is 63.3 Å². The van der Waals surface area contributed by atoms with Gasteiger partial charge in [0.05, 0.1) is 23.0 Å². The van der Waals surface area contributed by atoms with Gasteiger partial charge in [0.1, 0.15) is 35.6 Å². The molecule has 1 fully saturated rings. The molecule has 280 valence electrons. The van der Waals surface area contributed by atoms with E-state index in [1.807, 2.05) is 4.90 Å². The Morgan fingerprint density at radius 2 is 1.71 bits per heavy atom. The molecule has 1 amide bonds. The summed E-state index contributed by atoms with van der Waals surface area (Å²) in [6.45, 7) is 5.56. The number of halogens is 5. The lowest BCUT2D eigenvalue weighted by Crippen LogP contribution is -2.48. The van der Waals surface area contributed by atoms with Crippen LogP contribution < -0.4 is 24.6 Å². The lowest BCUT2D eigenvalue weighted by atomic mass is 10.1. The molecule has 0 bridgehead atoms. The first-order valence-electron chi connectivity index (χ1n) is 16.5. The number of aliphatic hydroxyl groups is 1. The van der Waals surface area contributed by atoms with Crippen LogP contribution in [0.1, 0.15) is 55.1 Å². The first kappa shape index (κ1) is 39.8. The van der Waals surface area contributed by atoms with Crippen LogP contribution in [-0.2, 0) is 22.7 Å². The van der Waals surface area contributed by atoms with Gasteiger partial charge in [0.15, 0.2) is 0 Å². The van der Waals surface area contributed by atoms with Crippen LogP contribution in [0.15, 0.2) is 54.6 Å². The second-order valence-electron chi connectivity index (χ2n) is 13.2. The highest BCUT2D eigenvalue weighted by atomic mass is 32.2. The Hall–Kier alpha value is -4.02. The quantitative estimate of drug-likeness (QED) is 0.125. The number of nitrogens with one attached hydrogen (secondary N) is 2. The maximum atomic E-state index is 13.9. The second kappa shape index (κ2) is 16.5. The number of hydrogen-bond donors (Lipinski definition) is 3. The van der Waals surface area contributed by atoms with Crippen LogP contribution in [0.3, 0.4) is 0 Å². The average Bonchev–Trinajstić information content (AvgIpc) is 3.76. The molecule has 10 nitrogen and oxygen atoms in total. The third kappa shape index (κ3) is 11.0. The maximum Gasteiger partial charge on any atom is 0.416 e. The number of benzene rings is 2. The molecular formula is C35H44F5N5O5S. The van der Waals surface area contributed by atoms with Crippen LogP contribution in [0.4, 0.5) is 33.6 Å². The highest BCUT2D eigenvalue weighted by Crippen LogP contribution is 2.39. The van der Waals surface area contributed by atoms with Gasteiger partial charge in [0.25, 0.3) is 5.91 Å². The van der Waals surface area contributed by atoms with E-state index in [0.29, 0.717) is 35.8 Å². The second-order valence-corrected chi connectivity index (χ2v) is 15.7. The number of carbonyl (C=O) groups excluding carboxylic acids is 1. The Labute approximate surface area is 295 Å². The summed E-state index contributed by atoms with van der Waals surface area (Å²) >= 11 is 0. The number of nitrogens with zero attached hydrogens (tertiary/aromatic N) is 3. The van der Waals surface area contributed by atoms with Crippen molar-refractivity contribution in [1.29, 1.82) is 0 Å². The molecule has 3 N–H and O–H groups in total. The fourth-order valence-electron chi connectivity index (χ4n) is 5.38. The van der Waals surface area contributed by atoms with Crippen LogP contribution in [0.5, 0.6) is 5.75 Å². The molecular weight excluding hydrogens is 697 g/mol. The van der Waals surface area contributed by atoms with Crippen molar-refractivity contribution < 1.29 is 45.0 Å². The standard InChI is InChI=1S/C35H44F5N5O5S/c1-21(2)51(48,49)45(5)33-14-24(13-32(43-33)44(4)19-25-11-22(25)3)34(47)42-30(20-50-29-16-27(36)15-28(37)17-29)31(46)9-10-41-18-23-7-6-8-26(12-23)35(38,39)40/h6-8,12-17,21-22,25,30-31,41,46H,9-11,18-20H2,1-5H3,(H,42,47)/t22-,25?,30-,31-/m0/s1. The molecule has 1 aromatic heterocycles. The van der Waals surface area contributed by atoms with Crippen molar-refractivity contribution in [2.75, 3.05) is 43.0 Å². The van der Waals surface area contributed by atoms with Gasteiger partial charge in [-0.05, 0) is 68.8 Å². The Morgan fingerprint density at radius 3 is 2.31 bits per heavy atom. The lowest BCUT2D eigenvalue weighted by Gasteiger charge is -2.26. The van der Waals surface area contributed by atoms with Gasteiger partial charge in [-0.3, -0.25) is 9.10 Å². The SMILES string of the molecule is CC(C)S(=O)(=O)N(C)c1cc(C(=O)N[C@@H](COc2cc(F)cc(F)c2)[C@@H](O)CCNCc2cccc(C(F)(F)F)c2)cc(N(C)CC2C[C@@H]2C)n1.